The van der Waals surface area contributed by atoms with Crippen LogP contribution in [0.15, 0.2) is 30.3 Å². The Balaban J connectivity index is 1.74. The number of halogens is 1. The Morgan fingerprint density at radius 3 is 2.70 bits per heavy atom. The number of anilines is 2. The molecule has 0 aliphatic heterocycles. The summed E-state index contributed by atoms with van der Waals surface area (Å²) >= 11 is 5.99. The third-order valence-electron chi connectivity index (χ3n) is 3.30. The van der Waals surface area contributed by atoms with Gasteiger partial charge in [-0.1, -0.05) is 23.7 Å². The molecule has 1 aliphatic rings. The molecule has 1 heterocycles. The van der Waals surface area contributed by atoms with Gasteiger partial charge in [0, 0.05) is 30.6 Å². The third kappa shape index (κ3) is 3.20. The molecular weight excluding hydrogens is 272 g/mol. The van der Waals surface area contributed by atoms with Crippen LogP contribution in [0.3, 0.4) is 0 Å². The molecule has 0 unspecified atom stereocenters. The summed E-state index contributed by atoms with van der Waals surface area (Å²) in [5.74, 6) is 3.18. The standard InChI is InChI=1S/C15H17ClN4/c1-17-13-8-14(20-15(19-13)11-5-6-11)18-9-10-3-2-4-12(16)7-10/h2-4,7-8,11H,5-6,9H2,1H3,(H2,17,18,19,20). The molecule has 0 saturated heterocycles. The topological polar surface area (TPSA) is 49.8 Å². The van der Waals surface area contributed by atoms with Crippen molar-refractivity contribution in [1.82, 2.24) is 9.97 Å². The zero-order valence-corrected chi connectivity index (χ0v) is 12.1. The van der Waals surface area contributed by atoms with Gasteiger partial charge in [-0.3, -0.25) is 0 Å². The third-order valence-corrected chi connectivity index (χ3v) is 3.54. The van der Waals surface area contributed by atoms with Gasteiger partial charge in [0.2, 0.25) is 0 Å². The van der Waals surface area contributed by atoms with E-state index in [0.29, 0.717) is 12.5 Å². The van der Waals surface area contributed by atoms with Crippen LogP contribution in [0.5, 0.6) is 0 Å². The minimum absolute atomic E-state index is 0.537. The molecule has 1 aromatic carbocycles. The van der Waals surface area contributed by atoms with Crippen LogP contribution in [0, 0.1) is 0 Å². The van der Waals surface area contributed by atoms with E-state index in [0.717, 1.165) is 28.0 Å². The van der Waals surface area contributed by atoms with E-state index < -0.39 is 0 Å². The van der Waals surface area contributed by atoms with Crippen LogP contribution in [0.1, 0.15) is 30.1 Å². The van der Waals surface area contributed by atoms with Crippen molar-refractivity contribution >= 4 is 23.2 Å². The zero-order valence-electron chi connectivity index (χ0n) is 11.4. The molecule has 20 heavy (non-hydrogen) atoms. The molecular formula is C15H17ClN4. The molecule has 0 spiro atoms. The second-order valence-electron chi connectivity index (χ2n) is 5.00. The minimum Gasteiger partial charge on any atom is -0.373 e. The first-order valence-corrected chi connectivity index (χ1v) is 7.17. The van der Waals surface area contributed by atoms with Crippen LogP contribution < -0.4 is 10.6 Å². The summed E-state index contributed by atoms with van der Waals surface area (Å²) in [6, 6.07) is 9.75. The van der Waals surface area contributed by atoms with Gasteiger partial charge in [0.25, 0.3) is 0 Å². The van der Waals surface area contributed by atoms with Crippen molar-refractivity contribution in [2.75, 3.05) is 17.7 Å². The average Bonchev–Trinajstić information content (AvgIpc) is 3.29. The highest BCUT2D eigenvalue weighted by Crippen LogP contribution is 2.38. The highest BCUT2D eigenvalue weighted by atomic mass is 35.5. The fraction of sp³-hybridized carbons (Fsp3) is 0.333. The Morgan fingerprint density at radius 2 is 2.00 bits per heavy atom. The van der Waals surface area contributed by atoms with Gasteiger partial charge in [0.05, 0.1) is 0 Å². The molecule has 5 heteroatoms. The second kappa shape index (κ2) is 5.67. The number of hydrogen-bond donors (Lipinski definition) is 2. The number of aromatic nitrogens is 2. The highest BCUT2D eigenvalue weighted by molar-refractivity contribution is 6.30. The van der Waals surface area contributed by atoms with E-state index in [1.807, 2.05) is 37.4 Å². The minimum atomic E-state index is 0.537. The fourth-order valence-electron chi connectivity index (χ4n) is 2.05. The molecule has 104 valence electrons. The molecule has 0 atom stereocenters. The maximum absolute atomic E-state index is 5.99. The Labute approximate surface area is 123 Å². The van der Waals surface area contributed by atoms with Gasteiger partial charge in [0.15, 0.2) is 0 Å². The number of benzene rings is 1. The molecule has 1 saturated carbocycles. The lowest BCUT2D eigenvalue weighted by molar-refractivity contribution is 0.923. The van der Waals surface area contributed by atoms with Gasteiger partial charge >= 0.3 is 0 Å². The summed E-state index contributed by atoms with van der Waals surface area (Å²) in [4.78, 5) is 9.09. The normalized spacial score (nSPS) is 14.1. The monoisotopic (exact) mass is 288 g/mol. The van der Waals surface area contributed by atoms with Gasteiger partial charge in [-0.2, -0.15) is 0 Å². The Kier molecular flexibility index (Phi) is 3.74. The Morgan fingerprint density at radius 1 is 1.20 bits per heavy atom. The van der Waals surface area contributed by atoms with Crippen LogP contribution in [-0.2, 0) is 6.54 Å². The van der Waals surface area contributed by atoms with Crippen molar-refractivity contribution in [1.29, 1.82) is 0 Å². The first kappa shape index (κ1) is 13.2. The molecule has 1 aromatic heterocycles. The van der Waals surface area contributed by atoms with Crippen molar-refractivity contribution < 1.29 is 0 Å². The Hall–Kier alpha value is -1.81. The molecule has 0 bridgehead atoms. The number of rotatable bonds is 5. The number of nitrogens with one attached hydrogen (secondary N) is 2. The van der Waals surface area contributed by atoms with E-state index in [-0.39, 0.29) is 0 Å². The van der Waals surface area contributed by atoms with Crippen molar-refractivity contribution in [2.24, 2.45) is 0 Å². The second-order valence-corrected chi connectivity index (χ2v) is 5.44. The van der Waals surface area contributed by atoms with E-state index in [1.54, 1.807) is 0 Å². The van der Waals surface area contributed by atoms with Crippen LogP contribution in [-0.4, -0.2) is 17.0 Å². The van der Waals surface area contributed by atoms with Crippen molar-refractivity contribution in [3.63, 3.8) is 0 Å². The van der Waals surface area contributed by atoms with Crippen LogP contribution in [0.2, 0.25) is 5.02 Å². The summed E-state index contributed by atoms with van der Waals surface area (Å²) in [7, 11) is 1.87. The largest absolute Gasteiger partial charge is 0.373 e. The van der Waals surface area contributed by atoms with Crippen LogP contribution in [0.4, 0.5) is 11.6 Å². The van der Waals surface area contributed by atoms with Crippen molar-refractivity contribution in [3.05, 3.63) is 46.7 Å². The molecule has 2 aromatic rings. The summed E-state index contributed by atoms with van der Waals surface area (Å²) in [6.07, 6.45) is 2.39. The SMILES string of the molecule is CNc1cc(NCc2cccc(Cl)c2)nc(C2CC2)n1. The predicted molar refractivity (Wildman–Crippen MR) is 82.3 cm³/mol. The van der Waals surface area contributed by atoms with Gasteiger partial charge in [0.1, 0.15) is 17.5 Å². The highest BCUT2D eigenvalue weighted by Gasteiger charge is 2.27. The number of hydrogen-bond acceptors (Lipinski definition) is 4. The van der Waals surface area contributed by atoms with Crippen LogP contribution in [0.25, 0.3) is 0 Å². The van der Waals surface area contributed by atoms with Gasteiger partial charge < -0.3 is 10.6 Å². The molecule has 2 N–H and O–H groups in total. The first-order chi connectivity index (χ1) is 9.74. The lowest BCUT2D eigenvalue weighted by Crippen LogP contribution is -2.06. The summed E-state index contributed by atoms with van der Waals surface area (Å²) in [5, 5.41) is 7.17. The van der Waals surface area contributed by atoms with E-state index in [1.165, 1.54) is 12.8 Å². The first-order valence-electron chi connectivity index (χ1n) is 6.79. The summed E-state index contributed by atoms with van der Waals surface area (Å²) < 4.78 is 0. The number of nitrogens with zero attached hydrogens (tertiary/aromatic N) is 2. The predicted octanol–water partition coefficient (Wildman–Crippen LogP) is 3.66. The molecule has 0 amide bonds. The van der Waals surface area contributed by atoms with E-state index in [2.05, 4.69) is 20.6 Å². The Bertz CT molecular complexity index is 611. The van der Waals surface area contributed by atoms with Crippen LogP contribution >= 0.6 is 11.6 Å². The average molecular weight is 289 g/mol. The van der Waals surface area contributed by atoms with Gasteiger partial charge in [-0.15, -0.1) is 0 Å². The maximum Gasteiger partial charge on any atom is 0.136 e. The fourth-order valence-corrected chi connectivity index (χ4v) is 2.26. The lowest BCUT2D eigenvalue weighted by Gasteiger charge is -2.10. The van der Waals surface area contributed by atoms with E-state index >= 15 is 0 Å². The molecule has 1 aliphatic carbocycles. The van der Waals surface area contributed by atoms with Crippen molar-refractivity contribution in [2.45, 2.75) is 25.3 Å². The van der Waals surface area contributed by atoms with Gasteiger partial charge in [-0.25, -0.2) is 9.97 Å². The van der Waals surface area contributed by atoms with Crippen molar-refractivity contribution in [3.8, 4) is 0 Å². The molecule has 0 radical (unpaired) electrons. The van der Waals surface area contributed by atoms with E-state index in [4.69, 9.17) is 11.6 Å². The molecule has 1 fully saturated rings. The maximum atomic E-state index is 5.99. The summed E-state index contributed by atoms with van der Waals surface area (Å²) in [6.45, 7) is 0.699. The van der Waals surface area contributed by atoms with E-state index in [9.17, 15) is 0 Å². The molecule has 3 rings (SSSR count). The molecule has 4 nitrogen and oxygen atoms in total. The smallest absolute Gasteiger partial charge is 0.136 e. The summed E-state index contributed by atoms with van der Waals surface area (Å²) in [5.41, 5.74) is 1.13. The quantitative estimate of drug-likeness (QED) is 0.881. The zero-order chi connectivity index (χ0) is 13.9. The van der Waals surface area contributed by atoms with Gasteiger partial charge in [-0.05, 0) is 30.5 Å². The lowest BCUT2D eigenvalue weighted by atomic mass is 10.2.